The van der Waals surface area contributed by atoms with E-state index < -0.39 is 5.82 Å². The molecule has 0 radical (unpaired) electrons. The van der Waals surface area contributed by atoms with Crippen molar-refractivity contribution in [3.05, 3.63) is 29.6 Å². The fourth-order valence-electron chi connectivity index (χ4n) is 2.66. The van der Waals surface area contributed by atoms with Gasteiger partial charge in [-0.15, -0.1) is 0 Å². The lowest BCUT2D eigenvalue weighted by Crippen LogP contribution is -2.28. The van der Waals surface area contributed by atoms with Crippen LogP contribution in [0.3, 0.4) is 0 Å². The largest absolute Gasteiger partial charge is 0.370 e. The molecule has 0 saturated carbocycles. The van der Waals surface area contributed by atoms with Crippen molar-refractivity contribution in [3.8, 4) is 6.07 Å². The molecule has 1 heterocycles. The summed E-state index contributed by atoms with van der Waals surface area (Å²) in [6.07, 6.45) is 1.10. The Balaban J connectivity index is 2.09. The summed E-state index contributed by atoms with van der Waals surface area (Å²) >= 11 is 0. The number of benzene rings is 1. The Morgan fingerprint density at radius 1 is 1.53 bits per heavy atom. The number of nitrogens with zero attached hydrogens (tertiary/aromatic N) is 3. The van der Waals surface area contributed by atoms with Crippen LogP contribution in [0.1, 0.15) is 18.9 Å². The van der Waals surface area contributed by atoms with Crippen LogP contribution in [-0.2, 0) is 0 Å². The van der Waals surface area contributed by atoms with Crippen LogP contribution in [0, 0.1) is 23.1 Å². The van der Waals surface area contributed by atoms with E-state index in [0.29, 0.717) is 5.92 Å². The lowest BCUT2D eigenvalue weighted by atomic mass is 10.1. The highest BCUT2D eigenvalue weighted by molar-refractivity contribution is 5.60. The zero-order chi connectivity index (χ0) is 13.8. The SMILES string of the molecule is CCN(C)C[C@H]1CCN(c2cccc(F)c2C#N)C1. The maximum Gasteiger partial charge on any atom is 0.143 e. The molecule has 0 amide bonds. The van der Waals surface area contributed by atoms with Gasteiger partial charge in [-0.25, -0.2) is 4.39 Å². The van der Waals surface area contributed by atoms with Crippen LogP contribution in [0.2, 0.25) is 0 Å². The highest BCUT2D eigenvalue weighted by Crippen LogP contribution is 2.28. The monoisotopic (exact) mass is 261 g/mol. The topological polar surface area (TPSA) is 30.3 Å². The van der Waals surface area contributed by atoms with E-state index in [0.717, 1.165) is 38.3 Å². The number of nitriles is 1. The molecule has 0 N–H and O–H groups in total. The Morgan fingerprint density at radius 2 is 2.32 bits per heavy atom. The first kappa shape index (κ1) is 13.8. The Kier molecular flexibility index (Phi) is 4.39. The van der Waals surface area contributed by atoms with Gasteiger partial charge in [0, 0.05) is 19.6 Å². The predicted octanol–water partition coefficient (Wildman–Crippen LogP) is 2.48. The van der Waals surface area contributed by atoms with Gasteiger partial charge in [0.25, 0.3) is 0 Å². The van der Waals surface area contributed by atoms with Gasteiger partial charge in [0.15, 0.2) is 0 Å². The van der Waals surface area contributed by atoms with Crippen LogP contribution in [-0.4, -0.2) is 38.1 Å². The Hall–Kier alpha value is -1.60. The summed E-state index contributed by atoms with van der Waals surface area (Å²) in [5.74, 6) is 0.175. The third-order valence-corrected chi connectivity index (χ3v) is 3.84. The van der Waals surface area contributed by atoms with E-state index in [9.17, 15) is 4.39 Å². The van der Waals surface area contributed by atoms with Crippen molar-refractivity contribution >= 4 is 5.69 Å². The molecule has 1 aliphatic rings. The van der Waals surface area contributed by atoms with E-state index >= 15 is 0 Å². The van der Waals surface area contributed by atoms with E-state index in [2.05, 4.69) is 23.8 Å². The van der Waals surface area contributed by atoms with Crippen LogP contribution in [0.25, 0.3) is 0 Å². The van der Waals surface area contributed by atoms with Crippen molar-refractivity contribution in [2.45, 2.75) is 13.3 Å². The van der Waals surface area contributed by atoms with Gasteiger partial charge in [0.1, 0.15) is 17.4 Å². The van der Waals surface area contributed by atoms with Gasteiger partial charge in [0.2, 0.25) is 0 Å². The smallest absolute Gasteiger partial charge is 0.143 e. The van der Waals surface area contributed by atoms with Gasteiger partial charge in [-0.3, -0.25) is 0 Å². The summed E-state index contributed by atoms with van der Waals surface area (Å²) in [4.78, 5) is 4.43. The first-order valence-corrected chi connectivity index (χ1v) is 6.77. The normalized spacial score (nSPS) is 18.9. The summed E-state index contributed by atoms with van der Waals surface area (Å²) in [7, 11) is 2.12. The molecule has 1 aliphatic heterocycles. The van der Waals surface area contributed by atoms with Crippen molar-refractivity contribution < 1.29 is 4.39 Å². The van der Waals surface area contributed by atoms with E-state index in [1.54, 1.807) is 6.07 Å². The first-order chi connectivity index (χ1) is 9.15. The van der Waals surface area contributed by atoms with Gasteiger partial charge in [0.05, 0.1) is 5.69 Å². The molecule has 1 aromatic rings. The predicted molar refractivity (Wildman–Crippen MR) is 74.6 cm³/mol. The van der Waals surface area contributed by atoms with E-state index in [1.807, 2.05) is 12.1 Å². The Morgan fingerprint density at radius 3 is 3.00 bits per heavy atom. The number of halogens is 1. The molecule has 1 fully saturated rings. The Labute approximate surface area is 114 Å². The quantitative estimate of drug-likeness (QED) is 0.834. The molecule has 102 valence electrons. The van der Waals surface area contributed by atoms with E-state index in [-0.39, 0.29) is 5.56 Å². The molecule has 2 rings (SSSR count). The standard InChI is InChI=1S/C15H20FN3/c1-3-18(2)10-12-7-8-19(11-12)15-6-4-5-14(16)13(15)9-17/h4-6,12H,3,7-8,10-11H2,1-2H3/t12-/m1/s1. The van der Waals surface area contributed by atoms with Gasteiger partial charge >= 0.3 is 0 Å². The van der Waals surface area contributed by atoms with Crippen LogP contribution >= 0.6 is 0 Å². The second kappa shape index (κ2) is 6.03. The van der Waals surface area contributed by atoms with Crippen LogP contribution in [0.4, 0.5) is 10.1 Å². The fraction of sp³-hybridized carbons (Fsp3) is 0.533. The van der Waals surface area contributed by atoms with Crippen molar-refractivity contribution in [2.24, 2.45) is 5.92 Å². The number of hydrogen-bond acceptors (Lipinski definition) is 3. The molecule has 0 aromatic heterocycles. The Bertz CT molecular complexity index is 481. The molecule has 3 nitrogen and oxygen atoms in total. The van der Waals surface area contributed by atoms with Crippen LogP contribution < -0.4 is 4.90 Å². The molecule has 0 spiro atoms. The second-order valence-electron chi connectivity index (χ2n) is 5.20. The van der Waals surface area contributed by atoms with Crippen molar-refractivity contribution in [1.29, 1.82) is 5.26 Å². The molecule has 1 atom stereocenters. The highest BCUT2D eigenvalue weighted by Gasteiger charge is 2.25. The molecular weight excluding hydrogens is 241 g/mol. The van der Waals surface area contributed by atoms with Crippen molar-refractivity contribution in [3.63, 3.8) is 0 Å². The van der Waals surface area contributed by atoms with Crippen molar-refractivity contribution in [1.82, 2.24) is 4.90 Å². The minimum atomic E-state index is -0.422. The van der Waals surface area contributed by atoms with Crippen LogP contribution in [0.15, 0.2) is 18.2 Å². The highest BCUT2D eigenvalue weighted by atomic mass is 19.1. The molecule has 0 aliphatic carbocycles. The lowest BCUT2D eigenvalue weighted by Gasteiger charge is -2.22. The summed E-state index contributed by atoms with van der Waals surface area (Å²) in [5, 5.41) is 9.08. The summed E-state index contributed by atoms with van der Waals surface area (Å²) in [6, 6.07) is 6.85. The molecule has 1 saturated heterocycles. The molecular formula is C15H20FN3. The first-order valence-electron chi connectivity index (χ1n) is 6.77. The maximum atomic E-state index is 13.6. The van der Waals surface area contributed by atoms with Gasteiger partial charge in [-0.2, -0.15) is 5.26 Å². The average Bonchev–Trinajstić information content (AvgIpc) is 2.86. The zero-order valence-corrected chi connectivity index (χ0v) is 11.6. The van der Waals surface area contributed by atoms with Gasteiger partial charge < -0.3 is 9.80 Å². The molecule has 1 aromatic carbocycles. The average molecular weight is 261 g/mol. The molecule has 4 heteroatoms. The van der Waals surface area contributed by atoms with Gasteiger partial charge in [-0.1, -0.05) is 13.0 Å². The summed E-state index contributed by atoms with van der Waals surface area (Å²) in [6.45, 7) is 6.06. The maximum absolute atomic E-state index is 13.6. The number of rotatable bonds is 4. The van der Waals surface area contributed by atoms with E-state index in [1.165, 1.54) is 6.07 Å². The third kappa shape index (κ3) is 3.05. The minimum Gasteiger partial charge on any atom is -0.370 e. The fourth-order valence-corrected chi connectivity index (χ4v) is 2.66. The molecule has 19 heavy (non-hydrogen) atoms. The second-order valence-corrected chi connectivity index (χ2v) is 5.20. The number of hydrogen-bond donors (Lipinski definition) is 0. The molecule has 0 unspecified atom stereocenters. The van der Waals surface area contributed by atoms with Crippen LogP contribution in [0.5, 0.6) is 0 Å². The minimum absolute atomic E-state index is 0.173. The lowest BCUT2D eigenvalue weighted by molar-refractivity contribution is 0.300. The van der Waals surface area contributed by atoms with E-state index in [4.69, 9.17) is 5.26 Å². The van der Waals surface area contributed by atoms with Gasteiger partial charge in [-0.05, 0) is 38.1 Å². The zero-order valence-electron chi connectivity index (χ0n) is 11.6. The summed E-state index contributed by atoms with van der Waals surface area (Å²) < 4.78 is 13.6. The van der Waals surface area contributed by atoms with Crippen molar-refractivity contribution in [2.75, 3.05) is 38.1 Å². The third-order valence-electron chi connectivity index (χ3n) is 3.84. The summed E-state index contributed by atoms with van der Waals surface area (Å²) in [5.41, 5.74) is 0.913. The number of anilines is 1. The molecule has 0 bridgehead atoms.